The van der Waals surface area contributed by atoms with E-state index in [4.69, 9.17) is 26.3 Å². The number of rotatable bonds is 8. The molecule has 0 atom stereocenters. The zero-order valence-electron chi connectivity index (χ0n) is 19.1. The number of ether oxygens (including phenoxy) is 1. The molecular formula is C25H30ClN5O2. The van der Waals surface area contributed by atoms with Crippen LogP contribution in [0.5, 0.6) is 5.75 Å². The summed E-state index contributed by atoms with van der Waals surface area (Å²) < 4.78 is 5.51. The molecule has 1 aliphatic rings. The van der Waals surface area contributed by atoms with Crippen molar-refractivity contribution in [3.8, 4) is 5.75 Å². The number of carbonyl (C=O) groups is 1. The van der Waals surface area contributed by atoms with Crippen molar-refractivity contribution in [2.75, 3.05) is 37.5 Å². The molecular weight excluding hydrogens is 438 g/mol. The summed E-state index contributed by atoms with van der Waals surface area (Å²) in [5, 5.41) is 8.16. The first-order valence-corrected chi connectivity index (χ1v) is 11.7. The zero-order valence-corrected chi connectivity index (χ0v) is 19.8. The highest BCUT2D eigenvalue weighted by molar-refractivity contribution is 6.30. The third-order valence-corrected chi connectivity index (χ3v) is 6.18. The minimum absolute atomic E-state index is 0.00917. The number of hydrogen-bond donors (Lipinski definition) is 2. The van der Waals surface area contributed by atoms with Crippen LogP contribution in [0, 0.1) is 5.92 Å². The summed E-state index contributed by atoms with van der Waals surface area (Å²) in [6.45, 7) is 0.659. The van der Waals surface area contributed by atoms with Gasteiger partial charge in [-0.25, -0.2) is 4.98 Å². The second kappa shape index (κ2) is 10.7. The van der Waals surface area contributed by atoms with Crippen LogP contribution in [0.2, 0.25) is 5.02 Å². The van der Waals surface area contributed by atoms with Crippen LogP contribution in [0.3, 0.4) is 0 Å². The Morgan fingerprint density at radius 2 is 1.88 bits per heavy atom. The number of anilines is 2. The molecule has 0 aliphatic heterocycles. The van der Waals surface area contributed by atoms with Crippen molar-refractivity contribution in [1.29, 1.82) is 0 Å². The second-order valence-electron chi connectivity index (χ2n) is 8.69. The van der Waals surface area contributed by atoms with E-state index < -0.39 is 0 Å². The Morgan fingerprint density at radius 3 is 2.64 bits per heavy atom. The Hall–Kier alpha value is -3.06. The molecule has 1 fully saturated rings. The van der Waals surface area contributed by atoms with Gasteiger partial charge < -0.3 is 20.3 Å². The standard InChI is InChI=1S/C25H30ClN5O2/c1-31(2)24-21-8-3-4-9-22(21)29-25(30-24)28-19-12-10-17(11-13-19)15-27-23(32)16-33-20-7-5-6-18(26)14-20/h3-9,14,17,19H,10-13,15-16H2,1-2H3,(H,27,32)(H,28,29,30). The third-order valence-electron chi connectivity index (χ3n) is 5.94. The van der Waals surface area contributed by atoms with Crippen LogP contribution < -0.4 is 20.3 Å². The summed E-state index contributed by atoms with van der Waals surface area (Å²) in [5.41, 5.74) is 0.940. The van der Waals surface area contributed by atoms with Gasteiger partial charge >= 0.3 is 0 Å². The van der Waals surface area contributed by atoms with E-state index in [-0.39, 0.29) is 12.5 Å². The molecule has 1 aliphatic carbocycles. The molecule has 4 rings (SSSR count). The van der Waals surface area contributed by atoms with Crippen molar-refractivity contribution in [3.05, 3.63) is 53.6 Å². The Morgan fingerprint density at radius 1 is 1.09 bits per heavy atom. The molecule has 2 N–H and O–H groups in total. The van der Waals surface area contributed by atoms with E-state index in [2.05, 4.69) is 10.6 Å². The first kappa shape index (κ1) is 23.1. The fourth-order valence-electron chi connectivity index (χ4n) is 4.17. The first-order valence-electron chi connectivity index (χ1n) is 11.3. The van der Waals surface area contributed by atoms with Crippen LogP contribution in [0.1, 0.15) is 25.7 Å². The number of amides is 1. The zero-order chi connectivity index (χ0) is 23.2. The molecule has 0 saturated heterocycles. The number of carbonyl (C=O) groups excluding carboxylic acids is 1. The lowest BCUT2D eigenvalue weighted by Gasteiger charge is -2.29. The molecule has 1 amide bonds. The Labute approximate surface area is 199 Å². The van der Waals surface area contributed by atoms with Gasteiger partial charge in [-0.1, -0.05) is 29.8 Å². The summed E-state index contributed by atoms with van der Waals surface area (Å²) in [6, 6.07) is 15.5. The molecule has 8 heteroatoms. The van der Waals surface area contributed by atoms with Gasteiger partial charge in [-0.15, -0.1) is 0 Å². The molecule has 0 bridgehead atoms. The molecule has 3 aromatic rings. The van der Waals surface area contributed by atoms with Crippen LogP contribution in [0.15, 0.2) is 48.5 Å². The van der Waals surface area contributed by atoms with E-state index in [1.54, 1.807) is 24.3 Å². The molecule has 0 unspecified atom stereocenters. The number of fused-ring (bicyclic) bond motifs is 1. The van der Waals surface area contributed by atoms with Crippen LogP contribution in [0.4, 0.5) is 11.8 Å². The van der Waals surface area contributed by atoms with Crippen LogP contribution in [-0.2, 0) is 4.79 Å². The normalized spacial score (nSPS) is 18.0. The highest BCUT2D eigenvalue weighted by Crippen LogP contribution is 2.28. The molecule has 0 spiro atoms. The third kappa shape index (κ3) is 6.26. The van der Waals surface area contributed by atoms with Gasteiger partial charge in [0.15, 0.2) is 6.61 Å². The van der Waals surface area contributed by atoms with E-state index >= 15 is 0 Å². The minimum Gasteiger partial charge on any atom is -0.484 e. The van der Waals surface area contributed by atoms with Gasteiger partial charge in [-0.05, 0) is 61.9 Å². The topological polar surface area (TPSA) is 79.4 Å². The smallest absolute Gasteiger partial charge is 0.257 e. The predicted octanol–water partition coefficient (Wildman–Crippen LogP) is 4.52. The number of aromatic nitrogens is 2. The lowest BCUT2D eigenvalue weighted by atomic mass is 9.86. The number of hydrogen-bond acceptors (Lipinski definition) is 6. The maximum absolute atomic E-state index is 12.1. The van der Waals surface area contributed by atoms with Crippen molar-refractivity contribution in [2.24, 2.45) is 5.92 Å². The summed E-state index contributed by atoms with van der Waals surface area (Å²) in [6.07, 6.45) is 4.13. The molecule has 174 valence electrons. The summed E-state index contributed by atoms with van der Waals surface area (Å²) >= 11 is 5.94. The van der Waals surface area contributed by atoms with Crippen molar-refractivity contribution < 1.29 is 9.53 Å². The second-order valence-corrected chi connectivity index (χ2v) is 9.13. The van der Waals surface area contributed by atoms with Gasteiger partial charge in [0.2, 0.25) is 5.95 Å². The van der Waals surface area contributed by atoms with Crippen molar-refractivity contribution in [3.63, 3.8) is 0 Å². The highest BCUT2D eigenvalue weighted by Gasteiger charge is 2.22. The van der Waals surface area contributed by atoms with E-state index in [1.807, 2.05) is 43.3 Å². The average molecular weight is 468 g/mol. The monoisotopic (exact) mass is 467 g/mol. The molecule has 0 radical (unpaired) electrons. The van der Waals surface area contributed by atoms with E-state index in [0.29, 0.717) is 35.2 Å². The van der Waals surface area contributed by atoms with Gasteiger partial charge in [-0.2, -0.15) is 4.98 Å². The van der Waals surface area contributed by atoms with Crippen LogP contribution in [-0.4, -0.2) is 49.2 Å². The van der Waals surface area contributed by atoms with Crippen molar-refractivity contribution in [1.82, 2.24) is 15.3 Å². The quantitative estimate of drug-likeness (QED) is 0.507. The van der Waals surface area contributed by atoms with Crippen molar-refractivity contribution >= 4 is 40.2 Å². The molecule has 1 saturated carbocycles. The number of halogens is 1. The molecule has 2 aromatic carbocycles. The summed E-state index contributed by atoms with van der Waals surface area (Å²) in [4.78, 5) is 23.6. The highest BCUT2D eigenvalue weighted by atomic mass is 35.5. The fourth-order valence-corrected chi connectivity index (χ4v) is 4.35. The Bertz CT molecular complexity index is 1100. The van der Waals surface area contributed by atoms with Gasteiger partial charge in [0.05, 0.1) is 5.52 Å². The molecule has 1 aromatic heterocycles. The van der Waals surface area contributed by atoms with Gasteiger partial charge in [0.1, 0.15) is 11.6 Å². The fraction of sp³-hybridized carbons (Fsp3) is 0.400. The molecule has 33 heavy (non-hydrogen) atoms. The number of nitrogens with zero attached hydrogens (tertiary/aromatic N) is 3. The Kier molecular flexibility index (Phi) is 7.50. The Balaban J connectivity index is 1.23. The number of para-hydroxylation sites is 1. The van der Waals surface area contributed by atoms with E-state index in [0.717, 1.165) is 42.4 Å². The lowest BCUT2D eigenvalue weighted by Crippen LogP contribution is -2.36. The van der Waals surface area contributed by atoms with Gasteiger partial charge in [-0.3, -0.25) is 4.79 Å². The SMILES string of the molecule is CN(C)c1nc(NC2CCC(CNC(=O)COc3cccc(Cl)c3)CC2)nc2ccccc12. The summed E-state index contributed by atoms with van der Waals surface area (Å²) in [5.74, 6) is 2.54. The number of benzene rings is 2. The van der Waals surface area contributed by atoms with Crippen molar-refractivity contribution in [2.45, 2.75) is 31.7 Å². The summed E-state index contributed by atoms with van der Waals surface area (Å²) in [7, 11) is 4.00. The van der Waals surface area contributed by atoms with Gasteiger partial charge in [0.25, 0.3) is 5.91 Å². The number of nitrogens with one attached hydrogen (secondary N) is 2. The van der Waals surface area contributed by atoms with E-state index in [1.165, 1.54) is 0 Å². The lowest BCUT2D eigenvalue weighted by molar-refractivity contribution is -0.123. The minimum atomic E-state index is -0.115. The van der Waals surface area contributed by atoms with Crippen LogP contribution >= 0.6 is 11.6 Å². The molecule has 1 heterocycles. The maximum atomic E-state index is 12.1. The first-order chi connectivity index (χ1) is 16.0. The van der Waals surface area contributed by atoms with E-state index in [9.17, 15) is 4.79 Å². The van der Waals surface area contributed by atoms with Gasteiger partial charge in [0, 0.05) is 37.1 Å². The molecule has 7 nitrogen and oxygen atoms in total. The maximum Gasteiger partial charge on any atom is 0.257 e. The predicted molar refractivity (Wildman–Crippen MR) is 133 cm³/mol. The average Bonchev–Trinajstić information content (AvgIpc) is 2.82. The van der Waals surface area contributed by atoms with Crippen LogP contribution in [0.25, 0.3) is 10.9 Å². The largest absolute Gasteiger partial charge is 0.484 e.